The summed E-state index contributed by atoms with van der Waals surface area (Å²) >= 11 is 0. The average molecular weight is 308 g/mol. The van der Waals surface area contributed by atoms with E-state index in [4.69, 9.17) is 0 Å². The zero-order valence-corrected chi connectivity index (χ0v) is 15.6. The molecule has 0 aliphatic carbocycles. The van der Waals surface area contributed by atoms with Crippen LogP contribution in [0.25, 0.3) is 10.8 Å². The molecule has 3 rings (SSSR count). The zero-order chi connectivity index (χ0) is 16.8. The molecular weight excluding hydrogens is 278 g/mol. The topological polar surface area (TPSA) is 3.01 Å². The third-order valence-corrected chi connectivity index (χ3v) is 5.67. The molecule has 0 spiro atoms. The van der Waals surface area contributed by atoms with Crippen molar-refractivity contribution in [1.82, 2.24) is 0 Å². The van der Waals surface area contributed by atoms with Gasteiger partial charge in [-0.15, -0.1) is 0 Å². The van der Waals surface area contributed by atoms with Crippen molar-refractivity contribution in [2.75, 3.05) is 6.54 Å². The zero-order valence-electron chi connectivity index (χ0n) is 15.6. The Bertz CT molecular complexity index is 793. The summed E-state index contributed by atoms with van der Waals surface area (Å²) in [5.74, 6) is 0. The Morgan fingerprint density at radius 2 is 1.70 bits per heavy atom. The Balaban J connectivity index is 2.22. The van der Waals surface area contributed by atoms with Gasteiger partial charge in [0.2, 0.25) is 5.69 Å². The molecule has 2 aromatic carbocycles. The standard InChI is InChI=1S/C22H30N/c1-7-8-9-12-23-17(4)22(5,6)21-19-14-15(2)13-16(3)18(19)10-11-20(21)23/h10-11,13-14H,7-9,12H2,1-6H3/q+1. The first-order valence-electron chi connectivity index (χ1n) is 9.04. The maximum atomic E-state index is 2.57. The number of rotatable bonds is 4. The van der Waals surface area contributed by atoms with E-state index in [1.807, 2.05) is 0 Å². The first kappa shape index (κ1) is 16.2. The predicted octanol–water partition coefficient (Wildman–Crippen LogP) is 6.04. The Labute approximate surface area is 141 Å². The highest BCUT2D eigenvalue weighted by molar-refractivity contribution is 6.02. The predicted molar refractivity (Wildman–Crippen MR) is 101 cm³/mol. The number of aryl methyl sites for hydroxylation is 2. The second-order valence-electron chi connectivity index (χ2n) is 7.71. The molecule has 0 atom stereocenters. The van der Waals surface area contributed by atoms with E-state index in [2.05, 4.69) is 70.4 Å². The molecule has 0 N–H and O–H groups in total. The quantitative estimate of drug-likeness (QED) is 0.478. The third-order valence-electron chi connectivity index (χ3n) is 5.67. The van der Waals surface area contributed by atoms with Crippen molar-refractivity contribution >= 4 is 22.2 Å². The maximum absolute atomic E-state index is 2.57. The van der Waals surface area contributed by atoms with Gasteiger partial charge < -0.3 is 0 Å². The minimum Gasteiger partial charge on any atom is -0.199 e. The fraction of sp³-hybridized carbons (Fsp3) is 0.500. The second kappa shape index (κ2) is 5.78. The largest absolute Gasteiger partial charge is 0.210 e. The smallest absolute Gasteiger partial charge is 0.199 e. The molecule has 2 aromatic rings. The van der Waals surface area contributed by atoms with Crippen molar-refractivity contribution in [2.45, 2.75) is 66.2 Å². The monoisotopic (exact) mass is 308 g/mol. The van der Waals surface area contributed by atoms with Crippen molar-refractivity contribution in [2.24, 2.45) is 0 Å². The average Bonchev–Trinajstić information content (AvgIpc) is 2.68. The van der Waals surface area contributed by atoms with E-state index in [1.54, 1.807) is 0 Å². The molecule has 1 aliphatic rings. The summed E-state index contributed by atoms with van der Waals surface area (Å²) < 4.78 is 2.57. The molecule has 0 fully saturated rings. The van der Waals surface area contributed by atoms with E-state index in [1.165, 1.54) is 58.1 Å². The molecule has 23 heavy (non-hydrogen) atoms. The van der Waals surface area contributed by atoms with Gasteiger partial charge in [0.1, 0.15) is 6.54 Å². The van der Waals surface area contributed by atoms with Gasteiger partial charge in [0.15, 0.2) is 5.71 Å². The van der Waals surface area contributed by atoms with Crippen molar-refractivity contribution in [3.05, 3.63) is 41.0 Å². The molecule has 0 unspecified atom stereocenters. The summed E-state index contributed by atoms with van der Waals surface area (Å²) in [7, 11) is 0. The number of hydrogen-bond donors (Lipinski definition) is 0. The lowest BCUT2D eigenvalue weighted by Gasteiger charge is -2.18. The van der Waals surface area contributed by atoms with Crippen LogP contribution in [0.5, 0.6) is 0 Å². The van der Waals surface area contributed by atoms with Gasteiger partial charge in [-0.3, -0.25) is 0 Å². The van der Waals surface area contributed by atoms with Gasteiger partial charge in [-0.05, 0) is 56.5 Å². The number of hydrogen-bond acceptors (Lipinski definition) is 0. The van der Waals surface area contributed by atoms with Crippen LogP contribution in [0.1, 0.15) is 63.6 Å². The number of benzene rings is 2. The van der Waals surface area contributed by atoms with Crippen molar-refractivity contribution in [3.63, 3.8) is 0 Å². The Morgan fingerprint density at radius 1 is 0.957 bits per heavy atom. The molecule has 0 saturated carbocycles. The molecule has 0 aromatic heterocycles. The van der Waals surface area contributed by atoms with Gasteiger partial charge in [0.25, 0.3) is 0 Å². The van der Waals surface area contributed by atoms with Crippen LogP contribution in [-0.2, 0) is 5.41 Å². The molecule has 1 heteroatoms. The first-order chi connectivity index (χ1) is 10.9. The number of fused-ring (bicyclic) bond motifs is 3. The first-order valence-corrected chi connectivity index (χ1v) is 9.04. The van der Waals surface area contributed by atoms with Gasteiger partial charge in [-0.2, -0.15) is 4.58 Å². The van der Waals surface area contributed by atoms with Crippen LogP contribution in [0.15, 0.2) is 24.3 Å². The van der Waals surface area contributed by atoms with Crippen molar-refractivity contribution in [3.8, 4) is 0 Å². The van der Waals surface area contributed by atoms with E-state index in [0.29, 0.717) is 0 Å². The van der Waals surface area contributed by atoms with Gasteiger partial charge >= 0.3 is 0 Å². The summed E-state index contributed by atoms with van der Waals surface area (Å²) in [6, 6.07) is 9.35. The lowest BCUT2D eigenvalue weighted by atomic mass is 9.79. The summed E-state index contributed by atoms with van der Waals surface area (Å²) in [5.41, 5.74) is 7.32. The lowest BCUT2D eigenvalue weighted by Crippen LogP contribution is -2.27. The normalized spacial score (nSPS) is 16.3. The summed E-state index contributed by atoms with van der Waals surface area (Å²) in [4.78, 5) is 0. The van der Waals surface area contributed by atoms with E-state index in [-0.39, 0.29) is 5.41 Å². The molecule has 0 bridgehead atoms. The highest BCUT2D eigenvalue weighted by Crippen LogP contribution is 2.44. The molecule has 1 heterocycles. The molecule has 1 aliphatic heterocycles. The van der Waals surface area contributed by atoms with Crippen LogP contribution in [-0.4, -0.2) is 16.8 Å². The third kappa shape index (κ3) is 2.51. The van der Waals surface area contributed by atoms with Gasteiger partial charge in [-0.1, -0.05) is 31.0 Å². The minimum absolute atomic E-state index is 0.112. The van der Waals surface area contributed by atoms with Crippen LogP contribution in [0.2, 0.25) is 0 Å². The molecule has 0 saturated heterocycles. The fourth-order valence-corrected chi connectivity index (χ4v) is 4.18. The van der Waals surface area contributed by atoms with Crippen LogP contribution >= 0.6 is 0 Å². The van der Waals surface area contributed by atoms with Crippen LogP contribution < -0.4 is 0 Å². The van der Waals surface area contributed by atoms with Gasteiger partial charge in [0.05, 0.1) is 5.41 Å². The summed E-state index contributed by atoms with van der Waals surface area (Å²) in [6.45, 7) is 15.0. The molecule has 0 amide bonds. The molecule has 122 valence electrons. The molecule has 1 nitrogen and oxygen atoms in total. The van der Waals surface area contributed by atoms with E-state index >= 15 is 0 Å². The minimum atomic E-state index is 0.112. The SMILES string of the molecule is CCCCC[N+]1=C(C)C(C)(C)c2c1ccc1c(C)cc(C)cc21. The van der Waals surface area contributed by atoms with Crippen LogP contribution in [0.3, 0.4) is 0 Å². The Morgan fingerprint density at radius 3 is 2.39 bits per heavy atom. The van der Waals surface area contributed by atoms with E-state index < -0.39 is 0 Å². The van der Waals surface area contributed by atoms with Crippen LogP contribution in [0.4, 0.5) is 5.69 Å². The molecular formula is C22H30N+. The summed E-state index contributed by atoms with van der Waals surface area (Å²) in [5, 5.41) is 2.85. The highest BCUT2D eigenvalue weighted by atomic mass is 15.1. The highest BCUT2D eigenvalue weighted by Gasteiger charge is 2.44. The van der Waals surface area contributed by atoms with Crippen molar-refractivity contribution < 1.29 is 4.58 Å². The van der Waals surface area contributed by atoms with E-state index in [0.717, 1.165) is 6.54 Å². The van der Waals surface area contributed by atoms with E-state index in [9.17, 15) is 0 Å². The van der Waals surface area contributed by atoms with Gasteiger partial charge in [-0.25, -0.2) is 0 Å². The Hall–Kier alpha value is -1.63. The lowest BCUT2D eigenvalue weighted by molar-refractivity contribution is -0.439. The van der Waals surface area contributed by atoms with Crippen molar-refractivity contribution in [1.29, 1.82) is 0 Å². The van der Waals surface area contributed by atoms with Gasteiger partial charge in [0, 0.05) is 25.0 Å². The Kier molecular flexibility index (Phi) is 4.08. The maximum Gasteiger partial charge on any atom is 0.210 e. The molecule has 0 radical (unpaired) electrons. The second-order valence-corrected chi connectivity index (χ2v) is 7.71. The number of nitrogens with zero attached hydrogens (tertiary/aromatic N) is 1. The number of unbranched alkanes of at least 4 members (excludes halogenated alkanes) is 2. The fourth-order valence-electron chi connectivity index (χ4n) is 4.18. The van der Waals surface area contributed by atoms with Crippen LogP contribution in [0, 0.1) is 13.8 Å². The summed E-state index contributed by atoms with van der Waals surface area (Å²) in [6.07, 6.45) is 3.86.